The molecule has 3 heteroatoms. The number of benzene rings is 1. The van der Waals surface area contributed by atoms with Gasteiger partial charge in [-0.25, -0.2) is 0 Å². The fraction of sp³-hybridized carbons (Fsp3) is 0.0769. The molecule has 1 aromatic carbocycles. The van der Waals surface area contributed by atoms with Crippen LogP contribution in [0.4, 0.5) is 5.69 Å². The second-order valence-corrected chi connectivity index (χ2v) is 3.77. The van der Waals surface area contributed by atoms with Crippen molar-refractivity contribution in [2.24, 2.45) is 0 Å². The molecule has 0 fully saturated rings. The molecule has 0 unspecified atom stereocenters. The molecule has 3 nitrogen and oxygen atoms in total. The third kappa shape index (κ3) is 1.04. The predicted octanol–water partition coefficient (Wildman–Crippen LogP) is 1.88. The molecule has 0 aromatic heterocycles. The van der Waals surface area contributed by atoms with Gasteiger partial charge in [0.25, 0.3) is 0 Å². The van der Waals surface area contributed by atoms with Gasteiger partial charge in [-0.2, -0.15) is 5.26 Å². The fourth-order valence-corrected chi connectivity index (χ4v) is 2.14. The minimum absolute atomic E-state index is 0.0983. The van der Waals surface area contributed by atoms with E-state index in [-0.39, 0.29) is 17.9 Å². The smallest absolute Gasteiger partial charge is 0.195 e. The number of allylic oxidation sites excluding steroid dienone is 1. The maximum atomic E-state index is 11.6. The lowest BCUT2D eigenvalue weighted by atomic mass is 10.1. The van der Waals surface area contributed by atoms with Crippen molar-refractivity contribution in [1.29, 1.82) is 5.26 Å². The van der Waals surface area contributed by atoms with E-state index in [2.05, 4.69) is 0 Å². The molecule has 0 saturated carbocycles. The first-order valence-electron chi connectivity index (χ1n) is 5.03. The zero-order valence-corrected chi connectivity index (χ0v) is 8.47. The molecule has 2 aliphatic heterocycles. The average molecular weight is 208 g/mol. The Kier molecular flexibility index (Phi) is 1.72. The first-order valence-corrected chi connectivity index (χ1v) is 5.03. The highest BCUT2D eigenvalue weighted by Gasteiger charge is 2.31. The van der Waals surface area contributed by atoms with E-state index in [1.165, 1.54) is 0 Å². The molecule has 0 N–H and O–H groups in total. The molecule has 0 spiro atoms. The summed E-state index contributed by atoms with van der Waals surface area (Å²) in [5.74, 6) is -0.0983. The van der Waals surface area contributed by atoms with Crippen molar-refractivity contribution in [1.82, 2.24) is 0 Å². The zero-order chi connectivity index (χ0) is 11.1. The first kappa shape index (κ1) is 8.93. The van der Waals surface area contributed by atoms with Gasteiger partial charge in [0.05, 0.1) is 12.2 Å². The van der Waals surface area contributed by atoms with Crippen molar-refractivity contribution in [3.63, 3.8) is 0 Å². The summed E-state index contributed by atoms with van der Waals surface area (Å²) in [5, 5.41) is 8.93. The summed E-state index contributed by atoms with van der Waals surface area (Å²) in [7, 11) is 0. The number of nitrogens with zero attached hydrogens (tertiary/aromatic N) is 2. The Bertz CT molecular complexity index is 590. The lowest BCUT2D eigenvalue weighted by Gasteiger charge is -2.24. The van der Waals surface area contributed by atoms with E-state index in [4.69, 9.17) is 5.26 Å². The molecule has 3 rings (SSSR count). The van der Waals surface area contributed by atoms with Crippen LogP contribution in [0, 0.1) is 11.3 Å². The van der Waals surface area contributed by atoms with Crippen LogP contribution in [0.2, 0.25) is 0 Å². The second-order valence-electron chi connectivity index (χ2n) is 3.77. The predicted molar refractivity (Wildman–Crippen MR) is 60.5 cm³/mol. The monoisotopic (exact) mass is 208 g/mol. The first-order chi connectivity index (χ1) is 7.81. The van der Waals surface area contributed by atoms with E-state index in [0.717, 1.165) is 16.9 Å². The topological polar surface area (TPSA) is 44.1 Å². The summed E-state index contributed by atoms with van der Waals surface area (Å²) in [6.07, 6.45) is 3.78. The Morgan fingerprint density at radius 3 is 2.88 bits per heavy atom. The van der Waals surface area contributed by atoms with Crippen LogP contribution in [0.1, 0.15) is 5.56 Å². The Morgan fingerprint density at radius 2 is 2.06 bits per heavy atom. The average Bonchev–Trinajstić information content (AvgIpc) is 2.65. The van der Waals surface area contributed by atoms with Crippen molar-refractivity contribution >= 4 is 17.5 Å². The fourth-order valence-electron chi connectivity index (χ4n) is 2.14. The molecular weight excluding hydrogens is 200 g/mol. The number of fused-ring (bicyclic) bond motifs is 3. The molecule has 16 heavy (non-hydrogen) atoms. The van der Waals surface area contributed by atoms with Gasteiger partial charge < -0.3 is 4.90 Å². The number of anilines is 1. The van der Waals surface area contributed by atoms with Crippen LogP contribution in [-0.2, 0) is 4.79 Å². The van der Waals surface area contributed by atoms with Crippen LogP contribution >= 0.6 is 0 Å². The third-order valence-corrected chi connectivity index (χ3v) is 2.89. The van der Waals surface area contributed by atoms with E-state index in [1.54, 1.807) is 0 Å². The summed E-state index contributed by atoms with van der Waals surface area (Å²) in [5.41, 5.74) is 3.08. The quantitative estimate of drug-likeness (QED) is 0.653. The van der Waals surface area contributed by atoms with Gasteiger partial charge in [-0.15, -0.1) is 0 Å². The van der Waals surface area contributed by atoms with Gasteiger partial charge in [-0.3, -0.25) is 4.79 Å². The minimum atomic E-state index is -0.0983. The molecule has 0 amide bonds. The van der Waals surface area contributed by atoms with E-state index in [9.17, 15) is 4.79 Å². The Morgan fingerprint density at radius 1 is 1.25 bits per heavy atom. The van der Waals surface area contributed by atoms with Crippen molar-refractivity contribution in [3.8, 4) is 6.07 Å². The number of nitriles is 1. The van der Waals surface area contributed by atoms with E-state index in [1.807, 2.05) is 47.4 Å². The second kappa shape index (κ2) is 3.07. The van der Waals surface area contributed by atoms with Gasteiger partial charge >= 0.3 is 0 Å². The Labute approximate surface area is 92.9 Å². The lowest BCUT2D eigenvalue weighted by molar-refractivity contribution is -0.113. The normalized spacial score (nSPS) is 17.2. The van der Waals surface area contributed by atoms with Gasteiger partial charge in [0.1, 0.15) is 11.6 Å². The van der Waals surface area contributed by atoms with Crippen LogP contribution in [0.5, 0.6) is 0 Å². The number of para-hydroxylation sites is 1. The van der Waals surface area contributed by atoms with Crippen LogP contribution in [0.3, 0.4) is 0 Å². The molecule has 0 atom stereocenters. The summed E-state index contributed by atoms with van der Waals surface area (Å²) >= 11 is 0. The molecule has 2 heterocycles. The molecule has 0 saturated heterocycles. The summed E-state index contributed by atoms with van der Waals surface area (Å²) in [4.78, 5) is 13.5. The van der Waals surface area contributed by atoms with Crippen molar-refractivity contribution in [2.75, 3.05) is 11.4 Å². The van der Waals surface area contributed by atoms with Gasteiger partial charge in [0.2, 0.25) is 0 Å². The van der Waals surface area contributed by atoms with E-state index in [0.29, 0.717) is 0 Å². The molecule has 0 bridgehead atoms. The number of hydrogen-bond donors (Lipinski definition) is 0. The third-order valence-electron chi connectivity index (χ3n) is 2.89. The highest BCUT2D eigenvalue weighted by Crippen LogP contribution is 2.35. The molecule has 1 aromatic rings. The zero-order valence-electron chi connectivity index (χ0n) is 8.47. The number of ketones is 1. The van der Waals surface area contributed by atoms with Gasteiger partial charge in [-0.05, 0) is 17.7 Å². The standard InChI is InChI=1S/C13H8N2O/c14-7-10-12-6-5-9-3-1-2-4-11(9)15(12)8-13(10)16/h1-6H,8H2. The largest absolute Gasteiger partial charge is 0.332 e. The maximum absolute atomic E-state index is 11.6. The van der Waals surface area contributed by atoms with Gasteiger partial charge in [0.15, 0.2) is 5.78 Å². The summed E-state index contributed by atoms with van der Waals surface area (Å²) < 4.78 is 0. The number of carbonyl (C=O) groups is 1. The summed E-state index contributed by atoms with van der Waals surface area (Å²) in [6, 6.07) is 9.84. The van der Waals surface area contributed by atoms with Crippen LogP contribution < -0.4 is 4.90 Å². The number of Topliss-reactive ketones (excluding diaryl/α,β-unsaturated/α-hetero) is 1. The van der Waals surface area contributed by atoms with E-state index < -0.39 is 0 Å². The SMILES string of the molecule is N#CC1=C2C=Cc3ccccc3N2CC1=O. The molecule has 0 radical (unpaired) electrons. The number of hydrogen-bond acceptors (Lipinski definition) is 3. The minimum Gasteiger partial charge on any atom is -0.332 e. The van der Waals surface area contributed by atoms with Crippen LogP contribution in [-0.4, -0.2) is 12.3 Å². The number of rotatable bonds is 0. The molecule has 0 aliphatic carbocycles. The lowest BCUT2D eigenvalue weighted by Crippen LogP contribution is -2.22. The molecule has 76 valence electrons. The maximum Gasteiger partial charge on any atom is 0.195 e. The van der Waals surface area contributed by atoms with Crippen LogP contribution in [0.15, 0.2) is 41.6 Å². The summed E-state index contributed by atoms with van der Waals surface area (Å²) in [6.45, 7) is 0.277. The van der Waals surface area contributed by atoms with Gasteiger partial charge in [0, 0.05) is 5.69 Å². The van der Waals surface area contributed by atoms with Crippen molar-refractivity contribution < 1.29 is 4.79 Å². The highest BCUT2D eigenvalue weighted by molar-refractivity contribution is 6.09. The molecular formula is C13H8N2O. The van der Waals surface area contributed by atoms with Gasteiger partial charge in [-0.1, -0.05) is 24.3 Å². The highest BCUT2D eigenvalue weighted by atomic mass is 16.1. The Hall–Kier alpha value is -2.34. The number of carbonyl (C=O) groups excluding carboxylic acids is 1. The molecule has 2 aliphatic rings. The van der Waals surface area contributed by atoms with E-state index >= 15 is 0 Å². The van der Waals surface area contributed by atoms with Crippen molar-refractivity contribution in [2.45, 2.75) is 0 Å². The van der Waals surface area contributed by atoms with Crippen LogP contribution in [0.25, 0.3) is 6.08 Å². The Balaban J connectivity index is 2.23. The van der Waals surface area contributed by atoms with Crippen molar-refractivity contribution in [3.05, 3.63) is 47.2 Å².